The molecule has 2 aromatic heterocycles. The van der Waals surface area contributed by atoms with Gasteiger partial charge in [0, 0.05) is 43.4 Å². The largest absolute Gasteiger partial charge is 0.298 e. The molecule has 2 aromatic rings. The Labute approximate surface area is 244 Å². The van der Waals surface area contributed by atoms with Gasteiger partial charge in [-0.25, -0.2) is 4.40 Å². The van der Waals surface area contributed by atoms with Crippen LogP contribution in [0.5, 0.6) is 0 Å². The third-order valence-electron chi connectivity index (χ3n) is 5.56. The molecule has 13 heteroatoms. The molecule has 2 aliphatic heterocycles. The molecule has 37 heavy (non-hydrogen) atoms. The highest BCUT2D eigenvalue weighted by atomic mass is 32.2. The van der Waals surface area contributed by atoms with Crippen LogP contribution in [0.15, 0.2) is 52.0 Å². The SMILES string of the molecule is CN1C(=O)/C(=c2/cc/c(=C\C3=CC=C(/C=c4\cc/c(=C5\SC(=S)N(C)C5=O)s4)/C(=N/S)C3=N)s2)SC1=S. The molecule has 1 N–H and O–H groups in total. The van der Waals surface area contributed by atoms with Gasteiger partial charge in [-0.15, -0.1) is 22.7 Å². The Kier molecular flexibility index (Phi) is 7.56. The molecule has 2 fully saturated rings. The number of rotatable bonds is 2. The van der Waals surface area contributed by atoms with Crippen LogP contribution in [0.25, 0.3) is 22.0 Å². The lowest BCUT2D eigenvalue weighted by atomic mass is 9.94. The van der Waals surface area contributed by atoms with Crippen molar-refractivity contribution < 1.29 is 9.59 Å². The molecular weight excluding hydrogens is 601 g/mol. The van der Waals surface area contributed by atoms with Gasteiger partial charge in [0.05, 0.1) is 15.5 Å². The summed E-state index contributed by atoms with van der Waals surface area (Å²) in [6, 6.07) is 7.67. The smallest absolute Gasteiger partial charge is 0.267 e. The molecule has 0 radical (unpaired) electrons. The number of thioether (sulfide) groups is 2. The lowest BCUT2D eigenvalue weighted by Crippen LogP contribution is -2.23. The fourth-order valence-electron chi connectivity index (χ4n) is 3.56. The van der Waals surface area contributed by atoms with E-state index >= 15 is 0 Å². The molecular formula is C24H16N4O2S7. The van der Waals surface area contributed by atoms with Gasteiger partial charge in [-0.1, -0.05) is 60.1 Å². The highest BCUT2D eigenvalue weighted by molar-refractivity contribution is 8.30. The second-order valence-electron chi connectivity index (χ2n) is 7.88. The van der Waals surface area contributed by atoms with Crippen LogP contribution in [-0.2, 0) is 9.59 Å². The maximum Gasteiger partial charge on any atom is 0.267 e. The molecule has 6 nitrogen and oxygen atoms in total. The van der Waals surface area contributed by atoms with Crippen LogP contribution in [0, 0.1) is 5.41 Å². The molecule has 2 saturated heterocycles. The third-order valence-corrected chi connectivity index (χ3v) is 11.3. The average molecular weight is 617 g/mol. The fourth-order valence-corrected chi connectivity index (χ4v) is 8.30. The molecule has 5 rings (SSSR count). The number of carbonyl (C=O) groups is 2. The van der Waals surface area contributed by atoms with Crippen LogP contribution < -0.4 is 18.1 Å². The van der Waals surface area contributed by atoms with E-state index < -0.39 is 0 Å². The second-order valence-corrected chi connectivity index (χ2v) is 13.6. The summed E-state index contributed by atoms with van der Waals surface area (Å²) in [5.74, 6) is -0.190. The Morgan fingerprint density at radius 1 is 0.838 bits per heavy atom. The van der Waals surface area contributed by atoms with E-state index in [1.165, 1.54) is 56.0 Å². The Balaban J connectivity index is 1.50. The summed E-state index contributed by atoms with van der Waals surface area (Å²) < 4.78 is 8.70. The molecule has 0 spiro atoms. The van der Waals surface area contributed by atoms with Crippen molar-refractivity contribution in [2.45, 2.75) is 0 Å². The maximum atomic E-state index is 12.4. The van der Waals surface area contributed by atoms with E-state index in [-0.39, 0.29) is 17.5 Å². The summed E-state index contributed by atoms with van der Waals surface area (Å²) in [5.41, 5.74) is 2.14. The lowest BCUT2D eigenvalue weighted by Gasteiger charge is -2.13. The summed E-state index contributed by atoms with van der Waals surface area (Å²) in [5, 5.41) is 8.73. The third kappa shape index (κ3) is 5.01. The molecule has 0 saturated carbocycles. The maximum absolute atomic E-state index is 12.4. The number of hydrogen-bond donors (Lipinski definition) is 2. The molecule has 0 aromatic carbocycles. The highest BCUT2D eigenvalue weighted by Gasteiger charge is 2.30. The van der Waals surface area contributed by atoms with Crippen molar-refractivity contribution in [1.29, 1.82) is 5.41 Å². The first kappa shape index (κ1) is 26.5. The van der Waals surface area contributed by atoms with Gasteiger partial charge in [0.1, 0.15) is 14.4 Å². The number of thiol groups is 1. The van der Waals surface area contributed by atoms with Gasteiger partial charge in [0.2, 0.25) is 0 Å². The molecule has 186 valence electrons. The van der Waals surface area contributed by atoms with Crippen molar-refractivity contribution in [2.75, 3.05) is 14.1 Å². The number of carbonyl (C=O) groups excluding carboxylic acids is 2. The number of thiocarbonyl (C=S) groups is 2. The Bertz CT molecular complexity index is 1770. The van der Waals surface area contributed by atoms with Crippen molar-refractivity contribution in [2.24, 2.45) is 4.40 Å². The molecule has 0 bridgehead atoms. The topological polar surface area (TPSA) is 76.8 Å². The summed E-state index contributed by atoms with van der Waals surface area (Å²) in [6.07, 6.45) is 7.60. The molecule has 1 aliphatic carbocycles. The second kappa shape index (κ2) is 10.6. The first-order chi connectivity index (χ1) is 17.7. The van der Waals surface area contributed by atoms with E-state index in [1.54, 1.807) is 14.1 Å². The molecule has 0 unspecified atom stereocenters. The minimum atomic E-state index is -0.0959. The van der Waals surface area contributed by atoms with E-state index in [9.17, 15) is 9.59 Å². The fraction of sp³-hybridized carbons (Fsp3) is 0.0833. The lowest BCUT2D eigenvalue weighted by molar-refractivity contribution is -0.120. The van der Waals surface area contributed by atoms with Crippen LogP contribution in [0.2, 0.25) is 0 Å². The van der Waals surface area contributed by atoms with Gasteiger partial charge < -0.3 is 0 Å². The number of thiophene rings is 2. The van der Waals surface area contributed by atoms with Crippen LogP contribution in [0.3, 0.4) is 0 Å². The normalized spacial score (nSPS) is 23.8. The van der Waals surface area contributed by atoms with E-state index in [2.05, 4.69) is 17.2 Å². The Hall–Kier alpha value is -2.13. The van der Waals surface area contributed by atoms with E-state index in [0.717, 1.165) is 23.7 Å². The van der Waals surface area contributed by atoms with Gasteiger partial charge in [-0.3, -0.25) is 24.8 Å². The summed E-state index contributed by atoms with van der Waals surface area (Å²) >= 11 is 20.2. The summed E-state index contributed by atoms with van der Waals surface area (Å²) in [4.78, 5) is 29.1. The number of amides is 2. The highest BCUT2D eigenvalue weighted by Crippen LogP contribution is 2.30. The van der Waals surface area contributed by atoms with Crippen LogP contribution in [0.1, 0.15) is 0 Å². The van der Waals surface area contributed by atoms with E-state index in [0.29, 0.717) is 29.7 Å². The van der Waals surface area contributed by atoms with Gasteiger partial charge in [-0.2, -0.15) is 0 Å². The van der Waals surface area contributed by atoms with Crippen LogP contribution >= 0.6 is 83.4 Å². The Morgan fingerprint density at radius 3 is 1.73 bits per heavy atom. The summed E-state index contributed by atoms with van der Waals surface area (Å²) in [7, 11) is 3.35. The van der Waals surface area contributed by atoms with Crippen molar-refractivity contribution in [1.82, 2.24) is 9.80 Å². The van der Waals surface area contributed by atoms with Crippen LogP contribution in [-0.4, -0.2) is 55.8 Å². The number of nitrogens with zero attached hydrogens (tertiary/aromatic N) is 3. The summed E-state index contributed by atoms with van der Waals surface area (Å²) in [6.45, 7) is 0. The van der Waals surface area contributed by atoms with Crippen molar-refractivity contribution in [3.63, 3.8) is 0 Å². The molecule has 3 aliphatic rings. The molecule has 0 atom stereocenters. The van der Waals surface area contributed by atoms with Crippen LogP contribution in [0.4, 0.5) is 0 Å². The van der Waals surface area contributed by atoms with Gasteiger partial charge >= 0.3 is 0 Å². The van der Waals surface area contributed by atoms with Crippen molar-refractivity contribution in [3.05, 3.63) is 65.7 Å². The zero-order valence-electron chi connectivity index (χ0n) is 19.2. The van der Waals surface area contributed by atoms with Gasteiger partial charge in [0.25, 0.3) is 11.8 Å². The quantitative estimate of drug-likeness (QED) is 0.307. The van der Waals surface area contributed by atoms with E-state index in [1.807, 2.05) is 48.6 Å². The molecule has 2 amide bonds. The van der Waals surface area contributed by atoms with Crippen molar-refractivity contribution in [3.8, 4) is 0 Å². The standard InChI is InChI=1S/C24H16N4O2S7/c1-27-21(29)19(36-23(27)31)15-7-5-13(34-15)9-11-3-4-12(18(26-33)17(11)25)10-14-6-8-16(35-14)20-22(30)28(2)24(32)37-20/h3-10,25,33H,1-2H3/b13-9+,14-10+,19-15+,20-16+,25-17?,26-18-. The first-order valence-electron chi connectivity index (χ1n) is 10.5. The predicted octanol–water partition coefficient (Wildman–Crippen LogP) is 2.44. The first-order valence-corrected chi connectivity index (χ1v) is 15.0. The van der Waals surface area contributed by atoms with Gasteiger partial charge in [0.15, 0.2) is 0 Å². The number of hydrogen-bond acceptors (Lipinski definition) is 11. The number of allylic oxidation sites excluding steroid dienone is 4. The average Bonchev–Trinajstić information content (AvgIpc) is 3.64. The van der Waals surface area contributed by atoms with Crippen molar-refractivity contribution >= 4 is 137 Å². The monoisotopic (exact) mass is 616 g/mol. The minimum absolute atomic E-state index is 0.0939. The molecule has 4 heterocycles. The Morgan fingerprint density at radius 2 is 1.30 bits per heavy atom. The predicted molar refractivity (Wildman–Crippen MR) is 169 cm³/mol. The zero-order chi connectivity index (χ0) is 26.4. The van der Waals surface area contributed by atoms with Gasteiger partial charge in [-0.05, 0) is 49.2 Å². The zero-order valence-corrected chi connectivity index (χ0v) is 25.0. The van der Waals surface area contributed by atoms with E-state index in [4.69, 9.17) is 29.8 Å². The number of nitrogens with one attached hydrogen (secondary N) is 1. The minimum Gasteiger partial charge on any atom is -0.298 e.